The zero-order chi connectivity index (χ0) is 21.1. The zero-order valence-electron chi connectivity index (χ0n) is 17.7. The van der Waals surface area contributed by atoms with Crippen molar-refractivity contribution in [3.63, 3.8) is 0 Å². The Hall–Kier alpha value is -2.63. The predicted molar refractivity (Wildman–Crippen MR) is 122 cm³/mol. The van der Waals surface area contributed by atoms with Gasteiger partial charge in [0.05, 0.1) is 0 Å². The molecule has 1 aliphatic rings. The molecule has 29 heavy (non-hydrogen) atoms. The van der Waals surface area contributed by atoms with Crippen LogP contribution in [-0.4, -0.2) is 49.4 Å². The molecule has 5 nitrogen and oxygen atoms in total. The van der Waals surface area contributed by atoms with Crippen LogP contribution in [0.5, 0.6) is 0 Å². The van der Waals surface area contributed by atoms with Gasteiger partial charge >= 0.3 is 0 Å². The van der Waals surface area contributed by atoms with Crippen LogP contribution in [0, 0.1) is 0 Å². The topological polar surface area (TPSA) is 61.6 Å². The molecule has 3 N–H and O–H groups in total. The second kappa shape index (κ2) is 12.0. The number of hydrogen-bond acceptors (Lipinski definition) is 4. The van der Waals surface area contributed by atoms with Crippen LogP contribution in [0.3, 0.4) is 0 Å². The smallest absolute Gasteiger partial charge is 0.204 e. The number of primary amides is 1. The summed E-state index contributed by atoms with van der Waals surface area (Å²) in [7, 11) is 2.20. The van der Waals surface area contributed by atoms with E-state index in [1.54, 1.807) is 0 Å². The highest BCUT2D eigenvalue weighted by atomic mass is 16.1. The minimum absolute atomic E-state index is 0.250. The quantitative estimate of drug-likeness (QED) is 0.704. The van der Waals surface area contributed by atoms with Crippen molar-refractivity contribution in [1.82, 2.24) is 9.80 Å². The van der Waals surface area contributed by atoms with Gasteiger partial charge < -0.3 is 16.0 Å². The van der Waals surface area contributed by atoms with Crippen LogP contribution in [0.25, 0.3) is 0 Å². The molecule has 1 aliphatic heterocycles. The minimum Gasteiger partial charge on any atom is -0.372 e. The van der Waals surface area contributed by atoms with Crippen LogP contribution in [0.2, 0.25) is 0 Å². The average molecular weight is 395 g/mol. The molecule has 0 spiro atoms. The Bertz CT molecular complexity index is 737. The van der Waals surface area contributed by atoms with E-state index < -0.39 is 0 Å². The van der Waals surface area contributed by atoms with Gasteiger partial charge in [0, 0.05) is 50.0 Å². The number of piperazine rings is 1. The van der Waals surface area contributed by atoms with E-state index in [2.05, 4.69) is 96.0 Å². The van der Waals surface area contributed by atoms with Crippen molar-refractivity contribution >= 4 is 12.1 Å². The number of likely N-dealkylation sites (N-methyl/N-ethyl adjacent to an activating group) is 1. The van der Waals surface area contributed by atoms with Gasteiger partial charge in [-0.05, 0) is 36.7 Å². The van der Waals surface area contributed by atoms with E-state index in [9.17, 15) is 0 Å². The standard InChI is InChI=1S/C23H31N3.CH3NO/c1-4-20-10-12-22(13-11-20)24-19(2)18-23(21-8-6-5-7-9-21)26-16-14-25(3)15-17-26;2-1-3/h5-13,23-24H,2,4,14-18H2,1,3H3;1H,(H2,2,3). The first-order valence-corrected chi connectivity index (χ1v) is 10.2. The summed E-state index contributed by atoms with van der Waals surface area (Å²) in [6.45, 7) is 11.0. The van der Waals surface area contributed by atoms with Crippen molar-refractivity contribution < 1.29 is 4.79 Å². The third-order valence-corrected chi connectivity index (χ3v) is 5.29. The summed E-state index contributed by atoms with van der Waals surface area (Å²) >= 11 is 0. The van der Waals surface area contributed by atoms with E-state index in [1.807, 2.05) is 0 Å². The number of amides is 1. The van der Waals surface area contributed by atoms with Crippen LogP contribution in [0.4, 0.5) is 5.69 Å². The van der Waals surface area contributed by atoms with Crippen LogP contribution in [-0.2, 0) is 11.2 Å². The molecule has 5 heteroatoms. The van der Waals surface area contributed by atoms with E-state index >= 15 is 0 Å². The van der Waals surface area contributed by atoms with Crippen molar-refractivity contribution in [3.05, 3.63) is 78.0 Å². The normalized spacial score (nSPS) is 15.7. The highest BCUT2D eigenvalue weighted by molar-refractivity contribution is 5.49. The molecule has 156 valence electrons. The van der Waals surface area contributed by atoms with Crippen molar-refractivity contribution in [2.24, 2.45) is 5.73 Å². The Morgan fingerprint density at radius 1 is 1.10 bits per heavy atom. The zero-order valence-corrected chi connectivity index (χ0v) is 17.7. The van der Waals surface area contributed by atoms with Gasteiger partial charge in [-0.25, -0.2) is 0 Å². The van der Waals surface area contributed by atoms with E-state index in [4.69, 9.17) is 4.79 Å². The molecule has 1 amide bonds. The Kier molecular flexibility index (Phi) is 9.41. The van der Waals surface area contributed by atoms with E-state index in [-0.39, 0.29) is 6.41 Å². The van der Waals surface area contributed by atoms with E-state index in [0.717, 1.165) is 50.4 Å². The molecule has 1 atom stereocenters. The van der Waals surface area contributed by atoms with Gasteiger partial charge in [-0.15, -0.1) is 0 Å². The van der Waals surface area contributed by atoms with Gasteiger partial charge in [0.1, 0.15) is 0 Å². The molecule has 0 bridgehead atoms. The second-order valence-electron chi connectivity index (χ2n) is 7.38. The number of benzene rings is 2. The van der Waals surface area contributed by atoms with Crippen molar-refractivity contribution in [2.45, 2.75) is 25.8 Å². The maximum absolute atomic E-state index is 8.58. The number of aryl methyl sites for hydroxylation is 1. The molecule has 1 unspecified atom stereocenters. The Balaban J connectivity index is 0.000000941. The summed E-state index contributed by atoms with van der Waals surface area (Å²) in [6, 6.07) is 19.9. The fourth-order valence-electron chi connectivity index (χ4n) is 3.58. The second-order valence-corrected chi connectivity index (χ2v) is 7.38. The van der Waals surface area contributed by atoms with Gasteiger partial charge in [0.15, 0.2) is 0 Å². The maximum atomic E-state index is 8.58. The SMILES string of the molecule is C=C(CC(c1ccccc1)N1CCN(C)CC1)Nc1ccc(CC)cc1.NC=O. The third-order valence-electron chi connectivity index (χ3n) is 5.29. The van der Waals surface area contributed by atoms with E-state index in [0.29, 0.717) is 6.04 Å². The lowest BCUT2D eigenvalue weighted by molar-refractivity contribution is -0.106. The van der Waals surface area contributed by atoms with Crippen molar-refractivity contribution in [3.8, 4) is 0 Å². The van der Waals surface area contributed by atoms with Crippen LogP contribution in [0.1, 0.15) is 30.5 Å². The average Bonchev–Trinajstić information content (AvgIpc) is 2.74. The lowest BCUT2D eigenvalue weighted by Gasteiger charge is -2.38. The molecule has 2 aromatic rings. The van der Waals surface area contributed by atoms with Gasteiger partial charge in [0.2, 0.25) is 6.41 Å². The number of carbonyl (C=O) groups excluding carboxylic acids is 1. The molecule has 1 heterocycles. The summed E-state index contributed by atoms with van der Waals surface area (Å²) in [5.41, 5.74) is 9.10. The fraction of sp³-hybridized carbons (Fsp3) is 0.375. The molecule has 0 radical (unpaired) electrons. The summed E-state index contributed by atoms with van der Waals surface area (Å²) in [5.74, 6) is 0. The highest BCUT2D eigenvalue weighted by Crippen LogP contribution is 2.28. The largest absolute Gasteiger partial charge is 0.372 e. The van der Waals surface area contributed by atoms with Gasteiger partial charge in [-0.2, -0.15) is 0 Å². The van der Waals surface area contributed by atoms with Crippen LogP contribution < -0.4 is 11.1 Å². The monoisotopic (exact) mass is 394 g/mol. The molecule has 1 saturated heterocycles. The van der Waals surface area contributed by atoms with Crippen molar-refractivity contribution in [2.75, 3.05) is 38.5 Å². The van der Waals surface area contributed by atoms with Crippen LogP contribution in [0.15, 0.2) is 66.9 Å². The molecule has 3 rings (SSSR count). The number of anilines is 1. The third kappa shape index (κ3) is 7.37. The molecule has 0 aromatic heterocycles. The molecule has 2 aromatic carbocycles. The van der Waals surface area contributed by atoms with Gasteiger partial charge in [-0.3, -0.25) is 9.69 Å². The number of rotatable bonds is 7. The molecule has 1 fully saturated rings. The highest BCUT2D eigenvalue weighted by Gasteiger charge is 2.24. The first kappa shape index (κ1) is 22.7. The number of nitrogens with zero attached hydrogens (tertiary/aromatic N) is 2. The first-order chi connectivity index (χ1) is 14.1. The Morgan fingerprint density at radius 3 is 2.24 bits per heavy atom. The molecular weight excluding hydrogens is 360 g/mol. The Labute approximate surface area is 175 Å². The number of carbonyl (C=O) groups is 1. The lowest BCUT2D eigenvalue weighted by Crippen LogP contribution is -2.46. The molecule has 0 aliphatic carbocycles. The summed E-state index contributed by atoms with van der Waals surface area (Å²) < 4.78 is 0. The fourth-order valence-corrected chi connectivity index (χ4v) is 3.58. The summed E-state index contributed by atoms with van der Waals surface area (Å²) in [4.78, 5) is 13.6. The first-order valence-electron chi connectivity index (χ1n) is 10.2. The number of nitrogens with one attached hydrogen (secondary N) is 1. The maximum Gasteiger partial charge on any atom is 0.204 e. The number of nitrogens with two attached hydrogens (primary N) is 1. The number of hydrogen-bond donors (Lipinski definition) is 2. The summed E-state index contributed by atoms with van der Waals surface area (Å²) in [6.07, 6.45) is 2.24. The van der Waals surface area contributed by atoms with Gasteiger partial charge in [0.25, 0.3) is 0 Å². The summed E-state index contributed by atoms with van der Waals surface area (Å²) in [5, 5.41) is 3.51. The minimum atomic E-state index is 0.250. The lowest BCUT2D eigenvalue weighted by atomic mass is 9.99. The molecular formula is C24H34N4O. The molecule has 0 saturated carbocycles. The Morgan fingerprint density at radius 2 is 1.69 bits per heavy atom. The predicted octanol–water partition coefficient (Wildman–Crippen LogP) is 3.65. The van der Waals surface area contributed by atoms with Crippen molar-refractivity contribution in [1.29, 1.82) is 0 Å². The van der Waals surface area contributed by atoms with Crippen LogP contribution >= 0.6 is 0 Å². The van der Waals surface area contributed by atoms with Gasteiger partial charge in [-0.1, -0.05) is 56.0 Å². The van der Waals surface area contributed by atoms with E-state index in [1.165, 1.54) is 11.1 Å².